The first-order chi connectivity index (χ1) is 24.3. The minimum atomic E-state index is -0.0349. The van der Waals surface area contributed by atoms with Gasteiger partial charge >= 0.3 is 0 Å². The molecule has 8 saturated carbocycles. The monoisotopic (exact) mass is 667 g/mol. The summed E-state index contributed by atoms with van der Waals surface area (Å²) in [6.07, 6.45) is 15.2. The molecule has 8 aliphatic rings. The summed E-state index contributed by atoms with van der Waals surface area (Å²) in [5, 5.41) is 0. The van der Waals surface area contributed by atoms with Crippen molar-refractivity contribution in [3.63, 3.8) is 0 Å². The first-order valence-electron chi connectivity index (χ1n) is 19.1. The van der Waals surface area contributed by atoms with Crippen LogP contribution in [0.1, 0.15) is 88.2 Å². The summed E-state index contributed by atoms with van der Waals surface area (Å²) in [5.74, 6) is 9.28. The van der Waals surface area contributed by atoms with Crippen LogP contribution in [-0.2, 0) is 10.8 Å². The summed E-state index contributed by atoms with van der Waals surface area (Å²) >= 11 is 0. The highest BCUT2D eigenvalue weighted by Gasteiger charge is 2.58. The molecule has 8 fully saturated rings. The Balaban J connectivity index is 1.26. The first-order valence-corrected chi connectivity index (χ1v) is 19.1. The van der Waals surface area contributed by atoms with Gasteiger partial charge in [-0.15, -0.1) is 0 Å². The van der Waals surface area contributed by atoms with E-state index in [1.807, 2.05) is 72.8 Å². The average Bonchev–Trinajstić information content (AvgIpc) is 3.03. The van der Waals surface area contributed by atoms with Crippen LogP contribution in [0.3, 0.4) is 0 Å². The van der Waals surface area contributed by atoms with Crippen molar-refractivity contribution in [2.75, 3.05) is 17.2 Å². The largest absolute Gasteiger partial charge is 0.457 e. The summed E-state index contributed by atoms with van der Waals surface area (Å²) in [6, 6.07) is 25.8. The van der Waals surface area contributed by atoms with Gasteiger partial charge in [-0.05, 0) is 149 Å². The summed E-state index contributed by atoms with van der Waals surface area (Å²) in [4.78, 5) is 0. The number of nitrogens with two attached hydrogens (primary N) is 3. The van der Waals surface area contributed by atoms with Gasteiger partial charge in [-0.3, -0.25) is 0 Å². The molecule has 0 spiro atoms. The van der Waals surface area contributed by atoms with E-state index in [9.17, 15) is 0 Å². The Labute approximate surface area is 295 Å². The van der Waals surface area contributed by atoms with Gasteiger partial charge in [0.1, 0.15) is 34.5 Å². The number of benzene rings is 4. The Morgan fingerprint density at radius 3 is 1.06 bits per heavy atom. The van der Waals surface area contributed by atoms with Crippen molar-refractivity contribution in [3.8, 4) is 34.5 Å². The van der Waals surface area contributed by atoms with Gasteiger partial charge in [0.25, 0.3) is 0 Å². The second-order valence-corrected chi connectivity index (χ2v) is 17.4. The van der Waals surface area contributed by atoms with Gasteiger partial charge in [0.15, 0.2) is 0 Å². The second-order valence-electron chi connectivity index (χ2n) is 17.4. The highest BCUT2D eigenvalue weighted by atomic mass is 16.5. The Hall–Kier alpha value is -4.32. The smallest absolute Gasteiger partial charge is 0.142 e. The number of hydrogen-bond acceptors (Lipinski definition) is 6. The normalized spacial score (nSPS) is 33.0. The van der Waals surface area contributed by atoms with Crippen molar-refractivity contribution in [1.82, 2.24) is 0 Å². The fourth-order valence-electron chi connectivity index (χ4n) is 12.8. The fraction of sp³-hybridized carbons (Fsp3) is 0.455. The third kappa shape index (κ3) is 5.20. The van der Waals surface area contributed by atoms with Crippen LogP contribution < -0.4 is 31.4 Å². The van der Waals surface area contributed by atoms with Crippen LogP contribution in [0.5, 0.6) is 34.5 Å². The lowest BCUT2D eigenvalue weighted by molar-refractivity contribution is -0.0110. The van der Waals surface area contributed by atoms with Gasteiger partial charge in [0.2, 0.25) is 0 Å². The highest BCUT2D eigenvalue weighted by Crippen LogP contribution is 2.69. The molecule has 4 aromatic rings. The molecular formula is C44H49N3O3. The van der Waals surface area contributed by atoms with Crippen LogP contribution in [0, 0.1) is 35.5 Å². The maximum Gasteiger partial charge on any atom is 0.142 e. The van der Waals surface area contributed by atoms with Crippen LogP contribution in [0.4, 0.5) is 17.1 Å². The predicted octanol–water partition coefficient (Wildman–Crippen LogP) is 10.7. The van der Waals surface area contributed by atoms with Crippen LogP contribution in [0.15, 0.2) is 78.9 Å². The molecule has 0 heterocycles. The maximum absolute atomic E-state index is 7.42. The molecule has 4 aromatic carbocycles. The molecule has 0 unspecified atom stereocenters. The zero-order valence-corrected chi connectivity index (χ0v) is 28.9. The number of nitrogen functional groups attached to an aromatic ring is 3. The third-order valence-corrected chi connectivity index (χ3v) is 13.6. The summed E-state index contributed by atoms with van der Waals surface area (Å²) < 4.78 is 21.6. The SMILES string of the molecule is Nc1cccc(Oc2cc(Oc3cccc(N)c3)c(C34CC5CC(CC(C5)C3)C4)c(Oc3cccc(N)c3)c2C23CC4CC(CC(C4)C2)C3)c1. The average molecular weight is 668 g/mol. The van der Waals surface area contributed by atoms with Crippen molar-refractivity contribution in [2.24, 2.45) is 35.5 Å². The zero-order chi connectivity index (χ0) is 33.6. The lowest BCUT2D eigenvalue weighted by Crippen LogP contribution is -2.50. The molecule has 6 heteroatoms. The van der Waals surface area contributed by atoms with Gasteiger partial charge in [0, 0.05) is 63.3 Å². The van der Waals surface area contributed by atoms with Crippen LogP contribution in [0.25, 0.3) is 0 Å². The molecule has 8 bridgehead atoms. The van der Waals surface area contributed by atoms with E-state index in [1.54, 1.807) is 0 Å². The number of ether oxygens (including phenoxy) is 3. The highest BCUT2D eigenvalue weighted by molar-refractivity contribution is 5.66. The lowest BCUT2D eigenvalue weighted by Gasteiger charge is -2.59. The topological polar surface area (TPSA) is 106 Å². The molecule has 6 N–H and O–H groups in total. The maximum atomic E-state index is 7.42. The Kier molecular flexibility index (Phi) is 6.92. The lowest BCUT2D eigenvalue weighted by atomic mass is 9.46. The van der Waals surface area contributed by atoms with Gasteiger partial charge in [-0.1, -0.05) is 18.2 Å². The fourth-order valence-corrected chi connectivity index (χ4v) is 12.8. The van der Waals surface area contributed by atoms with Gasteiger partial charge < -0.3 is 31.4 Å². The Morgan fingerprint density at radius 2 is 0.740 bits per heavy atom. The van der Waals surface area contributed by atoms with Gasteiger partial charge in [-0.2, -0.15) is 0 Å². The van der Waals surface area contributed by atoms with Crippen molar-refractivity contribution >= 4 is 17.1 Å². The van der Waals surface area contributed by atoms with E-state index >= 15 is 0 Å². The molecule has 0 atom stereocenters. The quantitative estimate of drug-likeness (QED) is 0.162. The van der Waals surface area contributed by atoms with Crippen molar-refractivity contribution in [1.29, 1.82) is 0 Å². The molecule has 0 aliphatic heterocycles. The standard InChI is InChI=1S/C44H49N3O3/c45-32-4-1-7-35(16-32)48-38-19-39(49-36-8-2-5-33(46)17-36)41(44-23-29-13-30(24-44)15-31(14-29)25-44)42(50-37-9-3-6-34(47)18-37)40(38)43-20-26-10-27(21-43)12-28(11-26)22-43/h1-9,16-19,26-31H,10-15,20-25,45-47H2. The summed E-state index contributed by atoms with van der Waals surface area (Å²) in [7, 11) is 0. The van der Waals surface area contributed by atoms with E-state index in [-0.39, 0.29) is 10.8 Å². The molecule has 8 aliphatic carbocycles. The van der Waals surface area contributed by atoms with Gasteiger partial charge in [-0.25, -0.2) is 0 Å². The molecule has 258 valence electrons. The van der Waals surface area contributed by atoms with E-state index < -0.39 is 0 Å². The molecule has 12 rings (SSSR count). The molecular weight excluding hydrogens is 619 g/mol. The number of hydrogen-bond donors (Lipinski definition) is 3. The van der Waals surface area contributed by atoms with E-state index in [4.69, 9.17) is 31.4 Å². The molecule has 0 amide bonds. The van der Waals surface area contributed by atoms with Crippen molar-refractivity contribution < 1.29 is 14.2 Å². The van der Waals surface area contributed by atoms with Crippen LogP contribution in [-0.4, -0.2) is 0 Å². The molecule has 0 saturated heterocycles. The van der Waals surface area contributed by atoms with Crippen LogP contribution in [0.2, 0.25) is 0 Å². The molecule has 0 radical (unpaired) electrons. The van der Waals surface area contributed by atoms with E-state index in [0.717, 1.165) is 70.0 Å². The van der Waals surface area contributed by atoms with E-state index in [2.05, 4.69) is 6.07 Å². The zero-order valence-electron chi connectivity index (χ0n) is 28.9. The molecule has 6 nitrogen and oxygen atoms in total. The first kappa shape index (κ1) is 30.5. The van der Waals surface area contributed by atoms with Gasteiger partial charge in [0.05, 0.1) is 0 Å². The predicted molar refractivity (Wildman–Crippen MR) is 199 cm³/mol. The molecule has 0 aromatic heterocycles. The number of rotatable bonds is 8. The third-order valence-electron chi connectivity index (χ3n) is 13.6. The Bertz CT molecular complexity index is 1780. The second kappa shape index (κ2) is 11.3. The molecule has 50 heavy (non-hydrogen) atoms. The Morgan fingerprint density at radius 1 is 0.420 bits per heavy atom. The summed E-state index contributed by atoms with van der Waals surface area (Å²) in [5.41, 5.74) is 23.5. The van der Waals surface area contributed by atoms with Crippen LogP contribution >= 0.6 is 0 Å². The minimum Gasteiger partial charge on any atom is -0.457 e. The minimum absolute atomic E-state index is 0.0349. The number of anilines is 3. The van der Waals surface area contributed by atoms with E-state index in [1.165, 1.54) is 88.2 Å². The van der Waals surface area contributed by atoms with Crippen molar-refractivity contribution in [3.05, 3.63) is 90.0 Å². The summed E-state index contributed by atoms with van der Waals surface area (Å²) in [6.45, 7) is 0. The van der Waals surface area contributed by atoms with Crippen molar-refractivity contribution in [2.45, 2.75) is 87.9 Å². The van der Waals surface area contributed by atoms with E-state index in [0.29, 0.717) is 17.1 Å².